The Bertz CT molecular complexity index is 616. The lowest BCUT2D eigenvalue weighted by Gasteiger charge is -2.16. The number of anilines is 1. The predicted octanol–water partition coefficient (Wildman–Crippen LogP) is 3.56. The smallest absolute Gasteiger partial charge is 0.163 e. The number of fused-ring (bicyclic) bond motifs is 1. The average molecular weight is 288 g/mol. The van der Waals surface area contributed by atoms with Crippen LogP contribution in [0.2, 0.25) is 0 Å². The van der Waals surface area contributed by atoms with Crippen molar-refractivity contribution in [3.05, 3.63) is 48.0 Å². The predicted molar refractivity (Wildman–Crippen MR) is 78.3 cm³/mol. The maximum absolute atomic E-state index is 12.9. The summed E-state index contributed by atoms with van der Waals surface area (Å²) in [4.78, 5) is 4.08. The minimum atomic E-state index is -0.332. The molecule has 0 radical (unpaired) electrons. The second-order valence-corrected chi connectivity index (χ2v) is 4.98. The number of benzene rings is 1. The second-order valence-electron chi connectivity index (χ2n) is 4.98. The molecule has 0 spiro atoms. The topological polar surface area (TPSA) is 43.4 Å². The second kappa shape index (κ2) is 5.99. The first-order chi connectivity index (χ1) is 10.2. The number of nitrogens with one attached hydrogen (secondary N) is 1. The van der Waals surface area contributed by atoms with Crippen LogP contribution >= 0.6 is 0 Å². The Kier molecular flexibility index (Phi) is 3.90. The number of nitrogens with zero attached hydrogens (tertiary/aromatic N) is 1. The van der Waals surface area contributed by atoms with Gasteiger partial charge in [-0.2, -0.15) is 0 Å². The van der Waals surface area contributed by atoms with E-state index in [2.05, 4.69) is 10.3 Å². The van der Waals surface area contributed by atoms with Crippen LogP contribution in [0.3, 0.4) is 0 Å². The molecule has 1 aliphatic rings. The van der Waals surface area contributed by atoms with Crippen LogP contribution in [-0.2, 0) is 0 Å². The zero-order valence-corrected chi connectivity index (χ0v) is 11.8. The van der Waals surface area contributed by atoms with Gasteiger partial charge < -0.3 is 14.8 Å². The molecule has 0 fully saturated rings. The summed E-state index contributed by atoms with van der Waals surface area (Å²) in [6.45, 7) is 3.31. The monoisotopic (exact) mass is 288 g/mol. The van der Waals surface area contributed by atoms with Crippen LogP contribution < -0.4 is 14.8 Å². The van der Waals surface area contributed by atoms with E-state index >= 15 is 0 Å². The molecule has 21 heavy (non-hydrogen) atoms. The van der Waals surface area contributed by atoms with Gasteiger partial charge in [0.2, 0.25) is 0 Å². The molecule has 1 atom stereocenters. The van der Waals surface area contributed by atoms with Gasteiger partial charge in [0.15, 0.2) is 11.5 Å². The number of rotatable bonds is 3. The minimum absolute atomic E-state index is 0.0321. The van der Waals surface area contributed by atoms with Crippen molar-refractivity contribution in [1.82, 2.24) is 4.98 Å². The fourth-order valence-electron chi connectivity index (χ4n) is 2.22. The highest BCUT2D eigenvalue weighted by Crippen LogP contribution is 2.33. The van der Waals surface area contributed by atoms with E-state index < -0.39 is 0 Å². The molecule has 1 aliphatic heterocycles. The highest BCUT2D eigenvalue weighted by molar-refractivity contribution is 5.55. The first-order valence-corrected chi connectivity index (χ1v) is 7.00. The number of hydrogen-bond acceptors (Lipinski definition) is 4. The van der Waals surface area contributed by atoms with E-state index in [1.165, 1.54) is 12.3 Å². The number of halogens is 1. The van der Waals surface area contributed by atoms with Crippen molar-refractivity contribution < 1.29 is 13.9 Å². The fourth-order valence-corrected chi connectivity index (χ4v) is 2.22. The molecule has 4 nitrogen and oxygen atoms in total. The van der Waals surface area contributed by atoms with Crippen LogP contribution in [0.1, 0.15) is 25.1 Å². The van der Waals surface area contributed by atoms with E-state index in [1.807, 2.05) is 25.1 Å². The van der Waals surface area contributed by atoms with Gasteiger partial charge in [-0.05, 0) is 31.2 Å². The van der Waals surface area contributed by atoms with Crippen LogP contribution in [0.15, 0.2) is 36.5 Å². The van der Waals surface area contributed by atoms with Crippen LogP contribution in [-0.4, -0.2) is 18.2 Å². The van der Waals surface area contributed by atoms with E-state index in [4.69, 9.17) is 9.47 Å². The lowest BCUT2D eigenvalue weighted by atomic mass is 10.2. The first kappa shape index (κ1) is 13.7. The number of pyridine rings is 1. The number of aromatic nitrogens is 1. The van der Waals surface area contributed by atoms with Gasteiger partial charge in [0.1, 0.15) is 5.82 Å². The molecule has 1 aromatic carbocycles. The van der Waals surface area contributed by atoms with Crippen LogP contribution in [0.25, 0.3) is 0 Å². The molecule has 110 valence electrons. The van der Waals surface area contributed by atoms with Crippen molar-refractivity contribution in [2.24, 2.45) is 0 Å². The summed E-state index contributed by atoms with van der Waals surface area (Å²) < 4.78 is 24.2. The molecule has 5 heteroatoms. The Morgan fingerprint density at radius 3 is 2.71 bits per heavy atom. The summed E-state index contributed by atoms with van der Waals surface area (Å²) in [5.41, 5.74) is 1.70. The van der Waals surface area contributed by atoms with Gasteiger partial charge in [-0.1, -0.05) is 0 Å². The average Bonchev–Trinajstić information content (AvgIpc) is 2.72. The molecule has 0 amide bonds. The van der Waals surface area contributed by atoms with E-state index in [-0.39, 0.29) is 11.9 Å². The molecule has 1 aromatic heterocycles. The lowest BCUT2D eigenvalue weighted by Crippen LogP contribution is -2.08. The SMILES string of the molecule is CC(Nc1ccc2c(c1)OCCCO2)c1ccc(F)cn1. The summed E-state index contributed by atoms with van der Waals surface area (Å²) in [6, 6.07) is 8.81. The molecule has 0 saturated heterocycles. The Labute approximate surface area is 122 Å². The van der Waals surface area contributed by atoms with Crippen molar-refractivity contribution in [1.29, 1.82) is 0 Å². The van der Waals surface area contributed by atoms with Gasteiger partial charge in [0, 0.05) is 18.2 Å². The molecule has 1 unspecified atom stereocenters. The Morgan fingerprint density at radius 1 is 1.14 bits per heavy atom. The molecule has 2 heterocycles. The van der Waals surface area contributed by atoms with Crippen LogP contribution in [0.5, 0.6) is 11.5 Å². The molecule has 1 N–H and O–H groups in total. The van der Waals surface area contributed by atoms with E-state index in [9.17, 15) is 4.39 Å². The van der Waals surface area contributed by atoms with Crippen molar-refractivity contribution in [3.63, 3.8) is 0 Å². The van der Waals surface area contributed by atoms with Crippen molar-refractivity contribution in [2.75, 3.05) is 18.5 Å². The highest BCUT2D eigenvalue weighted by Gasteiger charge is 2.12. The van der Waals surface area contributed by atoms with Gasteiger partial charge in [-0.15, -0.1) is 0 Å². The third-order valence-electron chi connectivity index (χ3n) is 3.32. The molecule has 3 rings (SSSR count). The molecule has 0 saturated carbocycles. The quantitative estimate of drug-likeness (QED) is 0.938. The van der Waals surface area contributed by atoms with Gasteiger partial charge in [-0.3, -0.25) is 4.98 Å². The molecule has 2 aromatic rings. The number of ether oxygens (including phenoxy) is 2. The minimum Gasteiger partial charge on any atom is -0.490 e. The van der Waals surface area contributed by atoms with E-state index in [1.54, 1.807) is 6.07 Å². The number of hydrogen-bond donors (Lipinski definition) is 1. The summed E-state index contributed by atoms with van der Waals surface area (Å²) in [7, 11) is 0. The zero-order chi connectivity index (χ0) is 14.7. The molecular weight excluding hydrogens is 271 g/mol. The maximum Gasteiger partial charge on any atom is 0.163 e. The van der Waals surface area contributed by atoms with Gasteiger partial charge in [0.25, 0.3) is 0 Å². The van der Waals surface area contributed by atoms with Crippen molar-refractivity contribution in [2.45, 2.75) is 19.4 Å². The fraction of sp³-hybridized carbons (Fsp3) is 0.312. The summed E-state index contributed by atoms with van der Waals surface area (Å²) in [5, 5.41) is 3.33. The molecule has 0 bridgehead atoms. The van der Waals surface area contributed by atoms with Crippen LogP contribution in [0, 0.1) is 5.82 Å². The third kappa shape index (κ3) is 3.24. The normalized spacial score (nSPS) is 15.1. The van der Waals surface area contributed by atoms with Crippen molar-refractivity contribution in [3.8, 4) is 11.5 Å². The third-order valence-corrected chi connectivity index (χ3v) is 3.32. The lowest BCUT2D eigenvalue weighted by molar-refractivity contribution is 0.297. The van der Waals surface area contributed by atoms with Gasteiger partial charge >= 0.3 is 0 Å². The van der Waals surface area contributed by atoms with E-state index in [0.29, 0.717) is 13.2 Å². The Morgan fingerprint density at radius 2 is 1.95 bits per heavy atom. The maximum atomic E-state index is 12.9. The standard InChI is InChI=1S/C16H17FN2O2/c1-11(14-5-3-12(17)10-18-14)19-13-4-6-15-16(9-13)21-8-2-7-20-15/h3-6,9-11,19H,2,7-8H2,1H3. The summed E-state index contributed by atoms with van der Waals surface area (Å²) >= 11 is 0. The highest BCUT2D eigenvalue weighted by atomic mass is 19.1. The van der Waals surface area contributed by atoms with Crippen LogP contribution in [0.4, 0.5) is 10.1 Å². The van der Waals surface area contributed by atoms with Gasteiger partial charge in [0.05, 0.1) is 31.1 Å². The van der Waals surface area contributed by atoms with Crippen molar-refractivity contribution >= 4 is 5.69 Å². The Hall–Kier alpha value is -2.30. The summed E-state index contributed by atoms with van der Waals surface area (Å²) in [6.07, 6.45) is 2.11. The first-order valence-electron chi connectivity index (χ1n) is 7.00. The Balaban J connectivity index is 1.75. The van der Waals surface area contributed by atoms with Gasteiger partial charge in [-0.25, -0.2) is 4.39 Å². The summed E-state index contributed by atoms with van der Waals surface area (Å²) in [5.74, 6) is 1.18. The largest absolute Gasteiger partial charge is 0.490 e. The molecular formula is C16H17FN2O2. The van der Waals surface area contributed by atoms with E-state index in [0.717, 1.165) is 29.3 Å². The molecule has 0 aliphatic carbocycles. The zero-order valence-electron chi connectivity index (χ0n) is 11.8.